The first-order valence-electron chi connectivity index (χ1n) is 17.0. The van der Waals surface area contributed by atoms with Crippen LogP contribution < -0.4 is 26.6 Å². The molecule has 3 atom stereocenters. The lowest BCUT2D eigenvalue weighted by molar-refractivity contribution is -0.142. The van der Waals surface area contributed by atoms with E-state index in [1.54, 1.807) is 54.6 Å². The Labute approximate surface area is 306 Å². The molecule has 0 aliphatic carbocycles. The third kappa shape index (κ3) is 13.1. The van der Waals surface area contributed by atoms with Crippen molar-refractivity contribution in [2.75, 3.05) is 11.9 Å². The molecule has 13 heteroatoms. The Kier molecular flexibility index (Phi) is 15.1. The number of carboxylic acids is 1. The van der Waals surface area contributed by atoms with Crippen LogP contribution in [-0.2, 0) is 54.5 Å². The number of nitrogens with one attached hydrogen (secondary N) is 5. The minimum Gasteiger partial charge on any atom is -0.480 e. The molecule has 3 aromatic carbocycles. The summed E-state index contributed by atoms with van der Waals surface area (Å²) in [6.45, 7) is 1.67. The molecule has 2 aliphatic heterocycles. The summed E-state index contributed by atoms with van der Waals surface area (Å²) in [5.74, 6) is -4.21. The molecule has 2 bridgehead atoms. The highest BCUT2D eigenvalue weighted by atomic mass is 32.1. The van der Waals surface area contributed by atoms with Crippen molar-refractivity contribution in [3.8, 4) is 0 Å². The maximum Gasteiger partial charge on any atom is 0.326 e. The molecule has 0 unspecified atom stereocenters. The molecule has 0 fully saturated rings. The lowest BCUT2D eigenvalue weighted by Crippen LogP contribution is -2.55. The summed E-state index contributed by atoms with van der Waals surface area (Å²) >= 11 is 1.40. The number of carboxylic acid groups (broad SMARTS) is 1. The molecule has 0 saturated carbocycles. The molecule has 4 aromatic rings. The molecule has 0 radical (unpaired) electrons. The van der Waals surface area contributed by atoms with E-state index in [-0.39, 0.29) is 32.1 Å². The van der Waals surface area contributed by atoms with Crippen molar-refractivity contribution in [1.29, 1.82) is 0 Å². The third-order valence-corrected chi connectivity index (χ3v) is 9.02. The highest BCUT2D eigenvalue weighted by Crippen LogP contribution is 2.14. The van der Waals surface area contributed by atoms with E-state index in [4.69, 9.17) is 0 Å². The lowest BCUT2D eigenvalue weighted by Gasteiger charge is -2.22. The molecular weight excluding hydrogens is 683 g/mol. The fourth-order valence-corrected chi connectivity index (χ4v) is 6.05. The van der Waals surface area contributed by atoms with Gasteiger partial charge in [0.15, 0.2) is 0 Å². The minimum absolute atomic E-state index is 0.0524. The highest BCUT2D eigenvalue weighted by Gasteiger charge is 2.28. The van der Waals surface area contributed by atoms with Gasteiger partial charge in [0.2, 0.25) is 29.5 Å². The van der Waals surface area contributed by atoms with Crippen LogP contribution in [0, 0.1) is 0 Å². The number of aryl methyl sites for hydroxylation is 1. The molecule has 5 amide bonds. The number of benzene rings is 3. The van der Waals surface area contributed by atoms with Crippen LogP contribution in [0.5, 0.6) is 0 Å². The molecule has 1 aromatic heterocycles. The van der Waals surface area contributed by atoms with Crippen molar-refractivity contribution in [1.82, 2.24) is 21.3 Å². The van der Waals surface area contributed by atoms with E-state index in [1.165, 1.54) is 16.9 Å². The standard InChI is InChI=1S/C31H33N5O7S.C8H10/c37-26-12-13-27(38)34-24(17-22-7-4-14-44-22)29(40)32-18-28(39)35-23(15-19-5-2-1-3-6-19)30(41)36-25(31(42)43)16-20-8-10-21(33-26)11-9-20;1-2-8-6-4-3-5-7-8/h1-11,14,23-25H,12-13,15-18H2,(H,32,40)(H,33,37)(H,34,38)(H,35,39)(H,36,41)(H,42,43);3-7H,2H2,1H3/t23-,24-,25+;/m1./s1. The Morgan fingerprint density at radius 3 is 1.90 bits per heavy atom. The van der Waals surface area contributed by atoms with E-state index < -0.39 is 60.2 Å². The first-order valence-corrected chi connectivity index (χ1v) is 17.9. The van der Waals surface area contributed by atoms with Gasteiger partial charge in [-0.15, -0.1) is 11.3 Å². The van der Waals surface area contributed by atoms with Gasteiger partial charge in [-0.1, -0.05) is 85.8 Å². The van der Waals surface area contributed by atoms with Gasteiger partial charge < -0.3 is 31.7 Å². The van der Waals surface area contributed by atoms with Crippen LogP contribution in [0.25, 0.3) is 0 Å². The van der Waals surface area contributed by atoms with Gasteiger partial charge in [0, 0.05) is 42.7 Å². The molecular formula is C39H43N5O7S. The fraction of sp³-hybridized carbons (Fsp3) is 0.282. The van der Waals surface area contributed by atoms with E-state index >= 15 is 0 Å². The quantitative estimate of drug-likeness (QED) is 0.165. The van der Waals surface area contributed by atoms with Crippen molar-refractivity contribution in [2.24, 2.45) is 0 Å². The van der Waals surface area contributed by atoms with E-state index in [0.717, 1.165) is 16.9 Å². The van der Waals surface area contributed by atoms with Gasteiger partial charge >= 0.3 is 5.97 Å². The van der Waals surface area contributed by atoms with Gasteiger partial charge in [-0.25, -0.2) is 4.79 Å². The number of hydrogen-bond acceptors (Lipinski definition) is 7. The van der Waals surface area contributed by atoms with Crippen LogP contribution in [0.3, 0.4) is 0 Å². The summed E-state index contributed by atoms with van der Waals surface area (Å²) in [6.07, 6.45) is 1.02. The molecule has 0 saturated heterocycles. The summed E-state index contributed by atoms with van der Waals surface area (Å²) < 4.78 is 0. The van der Waals surface area contributed by atoms with Gasteiger partial charge in [0.1, 0.15) is 18.1 Å². The number of carbonyl (C=O) groups excluding carboxylic acids is 5. The second-order valence-corrected chi connectivity index (χ2v) is 13.2. The molecule has 6 N–H and O–H groups in total. The Balaban J connectivity index is 0.000000666. The SMILES string of the molecule is CCc1ccccc1.O=C1CCC(=O)N[C@H](Cc2cccs2)C(=O)NCC(=O)N[C@H](Cc2ccccc2)C(=O)N[C@H](C(=O)O)Cc2ccc(cc2)N1. The Hall–Kier alpha value is -5.82. The average molecular weight is 726 g/mol. The van der Waals surface area contributed by atoms with E-state index in [2.05, 4.69) is 57.8 Å². The topological polar surface area (TPSA) is 183 Å². The van der Waals surface area contributed by atoms with Gasteiger partial charge in [0.25, 0.3) is 0 Å². The fourth-order valence-electron chi connectivity index (χ4n) is 5.30. The zero-order valence-corrected chi connectivity index (χ0v) is 29.6. The summed E-state index contributed by atoms with van der Waals surface area (Å²) in [5.41, 5.74) is 3.17. The monoisotopic (exact) mass is 725 g/mol. The minimum atomic E-state index is -1.30. The Morgan fingerprint density at radius 1 is 0.692 bits per heavy atom. The summed E-state index contributed by atoms with van der Waals surface area (Å²) in [7, 11) is 0. The number of carbonyl (C=O) groups is 6. The number of aliphatic carboxylic acids is 1. The molecule has 272 valence electrons. The van der Waals surface area contributed by atoms with Crippen LogP contribution in [0.4, 0.5) is 5.69 Å². The summed E-state index contributed by atoms with van der Waals surface area (Å²) in [6, 6.07) is 26.0. The predicted molar refractivity (Wildman–Crippen MR) is 198 cm³/mol. The number of fused-ring (bicyclic) bond motifs is 18. The van der Waals surface area contributed by atoms with Gasteiger partial charge in [-0.05, 0) is 46.7 Å². The van der Waals surface area contributed by atoms with Crippen molar-refractivity contribution < 1.29 is 33.9 Å². The largest absolute Gasteiger partial charge is 0.480 e. The molecule has 6 rings (SSSR count). The van der Waals surface area contributed by atoms with Crippen LogP contribution in [0.2, 0.25) is 0 Å². The molecule has 0 spiro atoms. The van der Waals surface area contributed by atoms with E-state index in [1.807, 2.05) is 23.6 Å². The first kappa shape index (κ1) is 39.0. The van der Waals surface area contributed by atoms with Crippen molar-refractivity contribution in [3.05, 3.63) is 124 Å². The summed E-state index contributed by atoms with van der Waals surface area (Å²) in [5, 5.41) is 24.7. The molecule has 3 heterocycles. The highest BCUT2D eigenvalue weighted by molar-refractivity contribution is 7.09. The van der Waals surface area contributed by atoms with Crippen molar-refractivity contribution in [2.45, 2.75) is 63.6 Å². The maximum absolute atomic E-state index is 13.3. The normalized spacial score (nSPS) is 18.9. The zero-order chi connectivity index (χ0) is 37.3. The number of thiophene rings is 1. The Morgan fingerprint density at radius 2 is 1.31 bits per heavy atom. The van der Waals surface area contributed by atoms with Crippen LogP contribution in [0.1, 0.15) is 41.3 Å². The van der Waals surface area contributed by atoms with Gasteiger partial charge in [0.05, 0.1) is 6.54 Å². The number of rotatable bonds is 6. The number of amides is 5. The van der Waals surface area contributed by atoms with Crippen LogP contribution in [-0.4, -0.2) is 65.3 Å². The second-order valence-electron chi connectivity index (χ2n) is 12.1. The van der Waals surface area contributed by atoms with Crippen molar-refractivity contribution >= 4 is 52.5 Å². The molecule has 2 aliphatic rings. The lowest BCUT2D eigenvalue weighted by atomic mass is 10.0. The van der Waals surface area contributed by atoms with Gasteiger partial charge in [-0.2, -0.15) is 0 Å². The predicted octanol–water partition coefficient (Wildman–Crippen LogP) is 3.41. The first-order chi connectivity index (χ1) is 25.1. The Bertz CT molecular complexity index is 1780. The smallest absolute Gasteiger partial charge is 0.326 e. The second kappa shape index (κ2) is 20.1. The number of anilines is 1. The summed E-state index contributed by atoms with van der Waals surface area (Å²) in [4.78, 5) is 77.5. The van der Waals surface area contributed by atoms with Gasteiger partial charge in [-0.3, -0.25) is 24.0 Å². The van der Waals surface area contributed by atoms with E-state index in [0.29, 0.717) is 11.3 Å². The number of hydrogen-bond donors (Lipinski definition) is 6. The molecule has 12 nitrogen and oxygen atoms in total. The zero-order valence-electron chi connectivity index (χ0n) is 28.8. The van der Waals surface area contributed by atoms with Crippen molar-refractivity contribution in [3.63, 3.8) is 0 Å². The maximum atomic E-state index is 13.3. The molecule has 52 heavy (non-hydrogen) atoms. The van der Waals surface area contributed by atoms with E-state index in [9.17, 15) is 33.9 Å². The average Bonchev–Trinajstić information content (AvgIpc) is 3.67. The van der Waals surface area contributed by atoms with Crippen LogP contribution in [0.15, 0.2) is 102 Å². The van der Waals surface area contributed by atoms with Crippen LogP contribution >= 0.6 is 11.3 Å². The third-order valence-electron chi connectivity index (χ3n) is 8.12.